The predicted molar refractivity (Wildman–Crippen MR) is 77.1 cm³/mol. The molecule has 2 rings (SSSR count). The second-order valence-electron chi connectivity index (χ2n) is 5.85. The van der Waals surface area contributed by atoms with Crippen molar-refractivity contribution in [3.05, 3.63) is 35.9 Å². The van der Waals surface area contributed by atoms with E-state index in [9.17, 15) is 4.79 Å². The zero-order chi connectivity index (χ0) is 13.5. The quantitative estimate of drug-likeness (QED) is 0.780. The van der Waals surface area contributed by atoms with Gasteiger partial charge in [-0.25, -0.2) is 0 Å². The average Bonchev–Trinajstić information content (AvgIpc) is 2.40. The Morgan fingerprint density at radius 1 is 1.26 bits per heavy atom. The predicted octanol–water partition coefficient (Wildman–Crippen LogP) is 3.64. The van der Waals surface area contributed by atoms with E-state index in [0.29, 0.717) is 12.3 Å². The molecule has 1 fully saturated rings. The van der Waals surface area contributed by atoms with E-state index < -0.39 is 0 Å². The number of hydrogen-bond acceptors (Lipinski definition) is 2. The molecular formula is C17H24O2. The fraction of sp³-hybridized carbons (Fsp3) is 0.588. The van der Waals surface area contributed by atoms with Gasteiger partial charge in [-0.3, -0.25) is 4.79 Å². The summed E-state index contributed by atoms with van der Waals surface area (Å²) in [5, 5.41) is 0. The van der Waals surface area contributed by atoms with Crippen molar-refractivity contribution in [3.8, 4) is 0 Å². The van der Waals surface area contributed by atoms with Crippen molar-refractivity contribution < 1.29 is 9.53 Å². The van der Waals surface area contributed by atoms with Crippen LogP contribution >= 0.6 is 0 Å². The van der Waals surface area contributed by atoms with Gasteiger partial charge in [0.25, 0.3) is 0 Å². The van der Waals surface area contributed by atoms with Gasteiger partial charge in [-0.05, 0) is 30.2 Å². The largest absolute Gasteiger partial charge is 0.373 e. The third-order valence-corrected chi connectivity index (χ3v) is 3.91. The Labute approximate surface area is 116 Å². The molecule has 1 aliphatic rings. The van der Waals surface area contributed by atoms with Crippen molar-refractivity contribution in [2.75, 3.05) is 13.2 Å². The van der Waals surface area contributed by atoms with Gasteiger partial charge >= 0.3 is 0 Å². The lowest BCUT2D eigenvalue weighted by Crippen LogP contribution is -2.20. The highest BCUT2D eigenvalue weighted by molar-refractivity contribution is 5.82. The van der Waals surface area contributed by atoms with Crippen LogP contribution in [0.3, 0.4) is 0 Å². The van der Waals surface area contributed by atoms with E-state index in [4.69, 9.17) is 4.74 Å². The number of hydrogen-bond donors (Lipinski definition) is 0. The molecule has 0 spiro atoms. The summed E-state index contributed by atoms with van der Waals surface area (Å²) < 4.78 is 5.61. The molecule has 104 valence electrons. The summed E-state index contributed by atoms with van der Waals surface area (Å²) in [5.74, 6) is 1.66. The second-order valence-corrected chi connectivity index (χ2v) is 5.85. The topological polar surface area (TPSA) is 26.3 Å². The van der Waals surface area contributed by atoms with Crippen LogP contribution in [0.2, 0.25) is 0 Å². The summed E-state index contributed by atoms with van der Waals surface area (Å²) in [4.78, 5) is 11.8. The molecule has 0 N–H and O–H groups in total. The Kier molecular flexibility index (Phi) is 5.59. The van der Waals surface area contributed by atoms with Crippen LogP contribution in [0.1, 0.15) is 38.2 Å². The molecule has 1 saturated carbocycles. The minimum absolute atomic E-state index is 0.176. The lowest BCUT2D eigenvalue weighted by molar-refractivity contribution is -0.123. The maximum Gasteiger partial charge on any atom is 0.162 e. The highest BCUT2D eigenvalue weighted by Gasteiger charge is 2.19. The van der Waals surface area contributed by atoms with Crippen molar-refractivity contribution in [2.45, 2.75) is 39.0 Å². The molecule has 2 atom stereocenters. The van der Waals surface area contributed by atoms with E-state index in [1.807, 2.05) is 30.3 Å². The number of carbonyl (C=O) groups excluding carboxylic acids is 1. The molecule has 0 heterocycles. The Morgan fingerprint density at radius 2 is 2.05 bits per heavy atom. The molecule has 2 heteroatoms. The van der Waals surface area contributed by atoms with Crippen LogP contribution in [0.25, 0.3) is 0 Å². The maximum absolute atomic E-state index is 11.8. The molecule has 0 saturated heterocycles. The lowest BCUT2D eigenvalue weighted by Gasteiger charge is -2.26. The van der Waals surface area contributed by atoms with E-state index in [1.54, 1.807) is 0 Å². The van der Waals surface area contributed by atoms with Crippen molar-refractivity contribution >= 4 is 5.78 Å². The summed E-state index contributed by atoms with van der Waals surface area (Å²) in [7, 11) is 0. The van der Waals surface area contributed by atoms with Crippen LogP contribution in [0, 0.1) is 11.8 Å². The molecule has 2 nitrogen and oxygen atoms in total. The van der Waals surface area contributed by atoms with Gasteiger partial charge < -0.3 is 4.74 Å². The zero-order valence-corrected chi connectivity index (χ0v) is 11.8. The number of rotatable bonds is 6. The van der Waals surface area contributed by atoms with Crippen molar-refractivity contribution in [2.24, 2.45) is 11.8 Å². The van der Waals surface area contributed by atoms with Crippen LogP contribution in [0.4, 0.5) is 0 Å². The number of Topliss-reactive ketones (excluding diaryl/α,β-unsaturated/α-hetero) is 1. The van der Waals surface area contributed by atoms with Crippen LogP contribution in [-0.2, 0) is 16.0 Å². The first-order chi connectivity index (χ1) is 9.24. The van der Waals surface area contributed by atoms with Crippen LogP contribution in [0.5, 0.6) is 0 Å². The van der Waals surface area contributed by atoms with E-state index in [-0.39, 0.29) is 12.4 Å². The zero-order valence-electron chi connectivity index (χ0n) is 11.8. The lowest BCUT2D eigenvalue weighted by atomic mass is 9.83. The fourth-order valence-electron chi connectivity index (χ4n) is 2.93. The number of benzene rings is 1. The first kappa shape index (κ1) is 14.3. The highest BCUT2D eigenvalue weighted by atomic mass is 16.5. The van der Waals surface area contributed by atoms with E-state index in [0.717, 1.165) is 18.1 Å². The van der Waals surface area contributed by atoms with Crippen LogP contribution < -0.4 is 0 Å². The Balaban J connectivity index is 1.64. The number of ether oxygens (including phenoxy) is 1. The summed E-state index contributed by atoms with van der Waals surface area (Å²) in [6.45, 7) is 3.33. The Morgan fingerprint density at radius 3 is 2.79 bits per heavy atom. The van der Waals surface area contributed by atoms with E-state index in [1.165, 1.54) is 25.7 Å². The molecule has 1 aliphatic carbocycles. The van der Waals surface area contributed by atoms with Gasteiger partial charge in [-0.2, -0.15) is 0 Å². The second kappa shape index (κ2) is 7.44. The summed E-state index contributed by atoms with van der Waals surface area (Å²) in [6, 6.07) is 9.87. The molecule has 0 radical (unpaired) electrons. The van der Waals surface area contributed by atoms with Crippen molar-refractivity contribution in [3.63, 3.8) is 0 Å². The smallest absolute Gasteiger partial charge is 0.162 e. The normalized spacial score (nSPS) is 23.2. The third kappa shape index (κ3) is 5.15. The standard InChI is InChI=1S/C17H24O2/c1-14-6-5-9-16(10-14)12-19-13-17(18)11-15-7-3-2-4-8-15/h2-4,7-8,14,16H,5-6,9-13H2,1H3. The van der Waals surface area contributed by atoms with Gasteiger partial charge in [0, 0.05) is 13.0 Å². The van der Waals surface area contributed by atoms with Crippen LogP contribution in [-0.4, -0.2) is 19.0 Å². The minimum Gasteiger partial charge on any atom is -0.373 e. The van der Waals surface area contributed by atoms with Gasteiger partial charge in [-0.1, -0.05) is 50.1 Å². The molecular weight excluding hydrogens is 236 g/mol. The van der Waals surface area contributed by atoms with Crippen molar-refractivity contribution in [1.82, 2.24) is 0 Å². The monoisotopic (exact) mass is 260 g/mol. The molecule has 1 aromatic carbocycles. The highest BCUT2D eigenvalue weighted by Crippen LogP contribution is 2.28. The summed E-state index contributed by atoms with van der Waals surface area (Å²) >= 11 is 0. The first-order valence-electron chi connectivity index (χ1n) is 7.37. The molecule has 19 heavy (non-hydrogen) atoms. The average molecular weight is 260 g/mol. The molecule has 2 unspecified atom stereocenters. The van der Waals surface area contributed by atoms with Crippen LogP contribution in [0.15, 0.2) is 30.3 Å². The SMILES string of the molecule is CC1CCCC(COCC(=O)Cc2ccccc2)C1. The molecule has 1 aromatic rings. The van der Waals surface area contributed by atoms with Gasteiger partial charge in [0.15, 0.2) is 5.78 Å². The first-order valence-corrected chi connectivity index (χ1v) is 7.37. The molecule has 0 aromatic heterocycles. The van der Waals surface area contributed by atoms with Gasteiger partial charge in [0.2, 0.25) is 0 Å². The van der Waals surface area contributed by atoms with E-state index in [2.05, 4.69) is 6.92 Å². The number of ketones is 1. The molecule has 0 bridgehead atoms. The van der Waals surface area contributed by atoms with Crippen molar-refractivity contribution in [1.29, 1.82) is 0 Å². The third-order valence-electron chi connectivity index (χ3n) is 3.91. The molecule has 0 amide bonds. The fourth-order valence-corrected chi connectivity index (χ4v) is 2.93. The van der Waals surface area contributed by atoms with Gasteiger partial charge in [-0.15, -0.1) is 0 Å². The Bertz CT molecular complexity index is 386. The van der Waals surface area contributed by atoms with Gasteiger partial charge in [0.05, 0.1) is 0 Å². The van der Waals surface area contributed by atoms with E-state index >= 15 is 0 Å². The number of carbonyl (C=O) groups is 1. The summed E-state index contributed by atoms with van der Waals surface area (Å²) in [5.41, 5.74) is 1.07. The molecule has 0 aliphatic heterocycles. The van der Waals surface area contributed by atoms with Gasteiger partial charge in [0.1, 0.15) is 6.61 Å². The summed E-state index contributed by atoms with van der Waals surface area (Å²) in [6.07, 6.45) is 5.67. The minimum atomic E-state index is 0.176. The maximum atomic E-state index is 11.8. The Hall–Kier alpha value is -1.15.